The van der Waals surface area contributed by atoms with E-state index in [0.29, 0.717) is 11.0 Å². The van der Waals surface area contributed by atoms with Gasteiger partial charge in [-0.25, -0.2) is 9.97 Å². The Balaban J connectivity index is 2.00. The molecule has 0 unspecified atom stereocenters. The number of carbonyl (C=O) groups excluding carboxylic acids is 1. The van der Waals surface area contributed by atoms with Gasteiger partial charge in [-0.2, -0.15) is 0 Å². The molecule has 5 nitrogen and oxygen atoms in total. The molecule has 21 heavy (non-hydrogen) atoms. The molecule has 1 amide bonds. The van der Waals surface area contributed by atoms with Gasteiger partial charge in [0.1, 0.15) is 5.82 Å². The zero-order valence-corrected chi connectivity index (χ0v) is 14.0. The van der Waals surface area contributed by atoms with Gasteiger partial charge in [0.2, 0.25) is 5.91 Å². The predicted octanol–water partition coefficient (Wildman–Crippen LogP) is 3.25. The molecular formula is C14H15BrN4OS. The number of anilines is 2. The fraction of sp³-hybridized carbons (Fsp3) is 0.214. The standard InChI is InChI=1S/C14H15BrN4OS/c1-8-7-12(16)19-14(17-8)21-9(2)13(20)18-11-5-3-10(15)4-6-11/h3-7,9H,1-2H3,(H,18,20)(H2,16,17,19)/t9-/m1/s1. The van der Waals surface area contributed by atoms with Crippen molar-refractivity contribution >= 4 is 45.1 Å². The van der Waals surface area contributed by atoms with Crippen LogP contribution in [0.1, 0.15) is 12.6 Å². The van der Waals surface area contributed by atoms with E-state index < -0.39 is 0 Å². The summed E-state index contributed by atoms with van der Waals surface area (Å²) in [4.78, 5) is 20.5. The maximum atomic E-state index is 12.1. The first-order chi connectivity index (χ1) is 9.94. The van der Waals surface area contributed by atoms with Crippen molar-refractivity contribution in [3.63, 3.8) is 0 Å². The van der Waals surface area contributed by atoms with Crippen LogP contribution in [0.4, 0.5) is 11.5 Å². The van der Waals surface area contributed by atoms with Crippen molar-refractivity contribution in [1.29, 1.82) is 0 Å². The van der Waals surface area contributed by atoms with E-state index >= 15 is 0 Å². The van der Waals surface area contributed by atoms with E-state index in [1.54, 1.807) is 13.0 Å². The Morgan fingerprint density at radius 3 is 2.62 bits per heavy atom. The van der Waals surface area contributed by atoms with Gasteiger partial charge in [-0.05, 0) is 38.1 Å². The average Bonchev–Trinajstić information content (AvgIpc) is 2.40. The first-order valence-electron chi connectivity index (χ1n) is 6.28. The van der Waals surface area contributed by atoms with Crippen LogP contribution in [0.25, 0.3) is 0 Å². The van der Waals surface area contributed by atoms with E-state index in [4.69, 9.17) is 5.73 Å². The molecular weight excluding hydrogens is 352 g/mol. The summed E-state index contributed by atoms with van der Waals surface area (Å²) in [5.74, 6) is 0.302. The van der Waals surface area contributed by atoms with Gasteiger partial charge in [0, 0.05) is 21.9 Å². The number of carbonyl (C=O) groups is 1. The largest absolute Gasteiger partial charge is 0.384 e. The molecule has 0 aliphatic heterocycles. The molecule has 0 bridgehead atoms. The van der Waals surface area contributed by atoms with Gasteiger partial charge in [0.15, 0.2) is 5.16 Å². The topological polar surface area (TPSA) is 80.9 Å². The molecule has 0 saturated heterocycles. The lowest BCUT2D eigenvalue weighted by atomic mass is 10.3. The Kier molecular flexibility index (Phi) is 5.19. The van der Waals surface area contributed by atoms with Gasteiger partial charge >= 0.3 is 0 Å². The fourth-order valence-corrected chi connectivity index (χ4v) is 2.71. The minimum Gasteiger partial charge on any atom is -0.384 e. The number of halogens is 1. The molecule has 1 heterocycles. The summed E-state index contributed by atoms with van der Waals surface area (Å²) < 4.78 is 0.964. The molecule has 0 aliphatic carbocycles. The molecule has 0 aliphatic rings. The van der Waals surface area contributed by atoms with Crippen LogP contribution < -0.4 is 11.1 Å². The summed E-state index contributed by atoms with van der Waals surface area (Å²) in [7, 11) is 0. The predicted molar refractivity (Wildman–Crippen MR) is 89.3 cm³/mol. The number of aryl methyl sites for hydroxylation is 1. The Bertz CT molecular complexity index is 628. The molecule has 0 spiro atoms. The zero-order valence-electron chi connectivity index (χ0n) is 11.6. The Labute approximate surface area is 135 Å². The maximum absolute atomic E-state index is 12.1. The quantitative estimate of drug-likeness (QED) is 0.641. The number of hydrogen-bond acceptors (Lipinski definition) is 5. The first kappa shape index (κ1) is 15.8. The van der Waals surface area contributed by atoms with Gasteiger partial charge in [0.05, 0.1) is 5.25 Å². The van der Waals surface area contributed by atoms with E-state index in [1.807, 2.05) is 31.2 Å². The number of nitrogens with one attached hydrogen (secondary N) is 1. The molecule has 0 radical (unpaired) electrons. The van der Waals surface area contributed by atoms with Crippen LogP contribution in [0.15, 0.2) is 40.0 Å². The van der Waals surface area contributed by atoms with Crippen LogP contribution in [0.3, 0.4) is 0 Å². The highest BCUT2D eigenvalue weighted by Crippen LogP contribution is 2.22. The highest BCUT2D eigenvalue weighted by atomic mass is 79.9. The average molecular weight is 367 g/mol. The SMILES string of the molecule is Cc1cc(N)nc(S[C@H](C)C(=O)Nc2ccc(Br)cc2)n1. The fourth-order valence-electron chi connectivity index (χ4n) is 1.61. The second-order valence-electron chi connectivity index (χ2n) is 4.47. The van der Waals surface area contributed by atoms with Gasteiger partial charge in [-0.3, -0.25) is 4.79 Å². The highest BCUT2D eigenvalue weighted by Gasteiger charge is 2.16. The third kappa shape index (κ3) is 4.71. The molecule has 3 N–H and O–H groups in total. The summed E-state index contributed by atoms with van der Waals surface area (Å²) in [6.07, 6.45) is 0. The maximum Gasteiger partial charge on any atom is 0.237 e. The molecule has 2 aromatic rings. The van der Waals surface area contributed by atoms with Crippen molar-refractivity contribution in [2.45, 2.75) is 24.3 Å². The molecule has 1 aromatic carbocycles. The van der Waals surface area contributed by atoms with Crippen molar-refractivity contribution in [1.82, 2.24) is 9.97 Å². The number of aromatic nitrogens is 2. The van der Waals surface area contributed by atoms with Crippen LogP contribution in [-0.4, -0.2) is 21.1 Å². The van der Waals surface area contributed by atoms with Crippen molar-refractivity contribution in [2.75, 3.05) is 11.1 Å². The van der Waals surface area contributed by atoms with E-state index in [0.717, 1.165) is 15.9 Å². The van der Waals surface area contributed by atoms with E-state index in [9.17, 15) is 4.79 Å². The molecule has 7 heteroatoms. The summed E-state index contributed by atoms with van der Waals surface area (Å²) in [5, 5.41) is 3.03. The Hall–Kier alpha value is -1.60. The lowest BCUT2D eigenvalue weighted by Crippen LogP contribution is -2.22. The number of nitrogens with two attached hydrogens (primary N) is 1. The number of nitrogen functional groups attached to an aromatic ring is 1. The van der Waals surface area contributed by atoms with E-state index in [2.05, 4.69) is 31.2 Å². The summed E-state index contributed by atoms with van der Waals surface area (Å²) >= 11 is 4.63. The summed E-state index contributed by atoms with van der Waals surface area (Å²) in [6.45, 7) is 3.65. The summed E-state index contributed by atoms with van der Waals surface area (Å²) in [6, 6.07) is 9.10. The van der Waals surface area contributed by atoms with Gasteiger partial charge in [-0.15, -0.1) is 0 Å². The second-order valence-corrected chi connectivity index (χ2v) is 6.70. The zero-order chi connectivity index (χ0) is 15.4. The van der Waals surface area contributed by atoms with Gasteiger partial charge in [0.25, 0.3) is 0 Å². The first-order valence-corrected chi connectivity index (χ1v) is 7.95. The highest BCUT2D eigenvalue weighted by molar-refractivity contribution is 9.10. The number of nitrogens with zero attached hydrogens (tertiary/aromatic N) is 2. The van der Waals surface area contributed by atoms with Crippen LogP contribution >= 0.6 is 27.7 Å². The normalized spacial score (nSPS) is 12.0. The van der Waals surface area contributed by atoms with E-state index in [-0.39, 0.29) is 11.2 Å². The van der Waals surface area contributed by atoms with Crippen molar-refractivity contribution in [3.05, 3.63) is 40.5 Å². The Morgan fingerprint density at radius 2 is 2.00 bits per heavy atom. The molecule has 1 atom stereocenters. The number of rotatable bonds is 4. The van der Waals surface area contributed by atoms with Crippen molar-refractivity contribution < 1.29 is 4.79 Å². The lowest BCUT2D eigenvalue weighted by molar-refractivity contribution is -0.115. The molecule has 1 aromatic heterocycles. The minimum absolute atomic E-state index is 0.106. The summed E-state index contributed by atoms with van der Waals surface area (Å²) in [5.41, 5.74) is 7.21. The van der Waals surface area contributed by atoms with Crippen LogP contribution in [-0.2, 0) is 4.79 Å². The van der Waals surface area contributed by atoms with Crippen LogP contribution in [0, 0.1) is 6.92 Å². The van der Waals surface area contributed by atoms with Gasteiger partial charge in [-0.1, -0.05) is 27.7 Å². The lowest BCUT2D eigenvalue weighted by Gasteiger charge is -2.11. The Morgan fingerprint density at radius 1 is 1.33 bits per heavy atom. The third-order valence-electron chi connectivity index (χ3n) is 2.62. The molecule has 0 saturated carbocycles. The van der Waals surface area contributed by atoms with Gasteiger partial charge < -0.3 is 11.1 Å². The smallest absolute Gasteiger partial charge is 0.237 e. The molecule has 110 valence electrons. The number of hydrogen-bond donors (Lipinski definition) is 2. The monoisotopic (exact) mass is 366 g/mol. The third-order valence-corrected chi connectivity index (χ3v) is 4.11. The van der Waals surface area contributed by atoms with Crippen molar-refractivity contribution in [3.8, 4) is 0 Å². The minimum atomic E-state index is -0.324. The number of amides is 1. The second kappa shape index (κ2) is 6.91. The molecule has 0 fully saturated rings. The number of thioether (sulfide) groups is 1. The van der Waals surface area contributed by atoms with Crippen molar-refractivity contribution in [2.24, 2.45) is 0 Å². The van der Waals surface area contributed by atoms with Crippen LogP contribution in [0.5, 0.6) is 0 Å². The van der Waals surface area contributed by atoms with Crippen LogP contribution in [0.2, 0.25) is 0 Å². The van der Waals surface area contributed by atoms with E-state index in [1.165, 1.54) is 11.8 Å². The number of benzene rings is 1. The molecule has 2 rings (SSSR count).